The molecule has 0 N–H and O–H groups in total. The Labute approximate surface area is 98.2 Å². The molecular weight excluding hydrogens is 198 g/mol. The van der Waals surface area contributed by atoms with Gasteiger partial charge in [0.1, 0.15) is 0 Å². The van der Waals surface area contributed by atoms with Gasteiger partial charge in [0, 0.05) is 18.8 Å². The molecule has 88 valence electrons. The van der Waals surface area contributed by atoms with E-state index < -0.39 is 0 Å². The number of anilines is 1. The van der Waals surface area contributed by atoms with Gasteiger partial charge >= 0.3 is 0 Å². The van der Waals surface area contributed by atoms with Crippen LogP contribution in [0.5, 0.6) is 0 Å². The van der Waals surface area contributed by atoms with Gasteiger partial charge in [0.2, 0.25) is 0 Å². The maximum Gasteiger partial charge on any atom is 0.0726 e. The van der Waals surface area contributed by atoms with Gasteiger partial charge in [-0.15, -0.1) is 0 Å². The molecule has 0 aromatic heterocycles. The number of ether oxygens (including phenoxy) is 1. The highest BCUT2D eigenvalue weighted by molar-refractivity contribution is 5.48. The van der Waals surface area contributed by atoms with Crippen LogP contribution in [0.25, 0.3) is 0 Å². The zero-order valence-electron chi connectivity index (χ0n) is 10.4. The quantitative estimate of drug-likeness (QED) is 0.758. The van der Waals surface area contributed by atoms with Gasteiger partial charge in [-0.05, 0) is 38.0 Å². The minimum Gasteiger partial charge on any atom is -0.372 e. The number of rotatable bonds is 2. The van der Waals surface area contributed by atoms with Gasteiger partial charge in [0.25, 0.3) is 0 Å². The van der Waals surface area contributed by atoms with Gasteiger partial charge in [-0.2, -0.15) is 0 Å². The molecule has 1 saturated heterocycles. The molecule has 0 unspecified atom stereocenters. The van der Waals surface area contributed by atoms with Crippen molar-refractivity contribution in [1.82, 2.24) is 0 Å². The van der Waals surface area contributed by atoms with Crippen molar-refractivity contribution in [2.75, 3.05) is 18.0 Å². The van der Waals surface area contributed by atoms with Crippen LogP contribution in [0.4, 0.5) is 5.69 Å². The Balaban J connectivity index is 2.10. The van der Waals surface area contributed by atoms with Gasteiger partial charge in [0.05, 0.1) is 12.2 Å². The highest BCUT2D eigenvalue weighted by atomic mass is 16.5. The number of hydrogen-bond donors (Lipinski definition) is 0. The Morgan fingerprint density at radius 1 is 1.12 bits per heavy atom. The van der Waals surface area contributed by atoms with E-state index in [0.717, 1.165) is 19.5 Å². The Hall–Kier alpha value is -1.02. The van der Waals surface area contributed by atoms with E-state index in [2.05, 4.69) is 49.9 Å². The maximum atomic E-state index is 5.74. The summed E-state index contributed by atoms with van der Waals surface area (Å²) in [5, 5.41) is 0. The highest BCUT2D eigenvalue weighted by Crippen LogP contribution is 2.20. The third-order valence-corrected chi connectivity index (χ3v) is 3.13. The lowest BCUT2D eigenvalue weighted by Crippen LogP contribution is -2.45. The second-order valence-electron chi connectivity index (χ2n) is 4.68. The predicted octanol–water partition coefficient (Wildman–Crippen LogP) is 2.86. The first kappa shape index (κ1) is 11.5. The van der Waals surface area contributed by atoms with Crippen LogP contribution in [-0.2, 0) is 11.2 Å². The molecule has 0 amide bonds. The van der Waals surface area contributed by atoms with E-state index in [1.807, 2.05) is 0 Å². The zero-order chi connectivity index (χ0) is 11.5. The van der Waals surface area contributed by atoms with Gasteiger partial charge < -0.3 is 9.64 Å². The maximum absolute atomic E-state index is 5.74. The molecule has 1 aromatic carbocycles. The molecular formula is C14H21NO. The van der Waals surface area contributed by atoms with Crippen LogP contribution >= 0.6 is 0 Å². The second kappa shape index (κ2) is 4.88. The minimum absolute atomic E-state index is 0.328. The SMILES string of the molecule is CCc1ccc(N2C[C@@H](C)O[C@@H](C)C2)cc1. The van der Waals surface area contributed by atoms with E-state index in [9.17, 15) is 0 Å². The van der Waals surface area contributed by atoms with Gasteiger partial charge in [-0.3, -0.25) is 0 Å². The number of benzene rings is 1. The summed E-state index contributed by atoms with van der Waals surface area (Å²) in [6.45, 7) is 8.46. The molecule has 0 spiro atoms. The molecule has 2 heteroatoms. The van der Waals surface area contributed by atoms with Crippen LogP contribution in [0.2, 0.25) is 0 Å². The van der Waals surface area contributed by atoms with Crippen LogP contribution < -0.4 is 4.90 Å². The number of hydrogen-bond acceptors (Lipinski definition) is 2. The van der Waals surface area contributed by atoms with Crippen molar-refractivity contribution < 1.29 is 4.74 Å². The number of nitrogens with zero attached hydrogens (tertiary/aromatic N) is 1. The molecule has 1 aliphatic heterocycles. The molecule has 2 nitrogen and oxygen atoms in total. The Morgan fingerprint density at radius 2 is 1.69 bits per heavy atom. The van der Waals surface area contributed by atoms with E-state index in [4.69, 9.17) is 4.74 Å². The molecule has 0 aliphatic carbocycles. The highest BCUT2D eigenvalue weighted by Gasteiger charge is 2.21. The van der Waals surface area contributed by atoms with E-state index in [-0.39, 0.29) is 0 Å². The summed E-state index contributed by atoms with van der Waals surface area (Å²) in [7, 11) is 0. The zero-order valence-corrected chi connectivity index (χ0v) is 10.4. The van der Waals surface area contributed by atoms with E-state index in [1.54, 1.807) is 0 Å². The van der Waals surface area contributed by atoms with E-state index in [0.29, 0.717) is 12.2 Å². The molecule has 1 fully saturated rings. The van der Waals surface area contributed by atoms with Crippen molar-refractivity contribution in [3.05, 3.63) is 29.8 Å². The van der Waals surface area contributed by atoms with Gasteiger partial charge in [-0.25, -0.2) is 0 Å². The summed E-state index contributed by atoms with van der Waals surface area (Å²) in [4.78, 5) is 2.41. The van der Waals surface area contributed by atoms with Crippen molar-refractivity contribution in [2.24, 2.45) is 0 Å². The number of morpholine rings is 1. The molecule has 0 radical (unpaired) electrons. The molecule has 1 aliphatic rings. The predicted molar refractivity (Wildman–Crippen MR) is 68.0 cm³/mol. The standard InChI is InChI=1S/C14H21NO/c1-4-13-5-7-14(8-6-13)15-9-11(2)16-12(3)10-15/h5-8,11-12H,4,9-10H2,1-3H3/t11-,12+. The van der Waals surface area contributed by atoms with Crippen molar-refractivity contribution in [3.8, 4) is 0 Å². The van der Waals surface area contributed by atoms with Crippen molar-refractivity contribution in [1.29, 1.82) is 0 Å². The lowest BCUT2D eigenvalue weighted by atomic mass is 10.1. The lowest BCUT2D eigenvalue weighted by molar-refractivity contribution is -0.00521. The summed E-state index contributed by atoms with van der Waals surface area (Å²) >= 11 is 0. The van der Waals surface area contributed by atoms with Crippen molar-refractivity contribution >= 4 is 5.69 Å². The Bertz CT molecular complexity index is 323. The molecule has 0 saturated carbocycles. The van der Waals surface area contributed by atoms with Crippen molar-refractivity contribution in [3.63, 3.8) is 0 Å². The van der Waals surface area contributed by atoms with Crippen LogP contribution in [0.15, 0.2) is 24.3 Å². The van der Waals surface area contributed by atoms with Crippen LogP contribution in [0.1, 0.15) is 26.3 Å². The molecule has 0 bridgehead atoms. The summed E-state index contributed by atoms with van der Waals surface area (Å²) in [6.07, 6.45) is 1.76. The monoisotopic (exact) mass is 219 g/mol. The summed E-state index contributed by atoms with van der Waals surface area (Å²) in [6, 6.07) is 8.90. The fourth-order valence-corrected chi connectivity index (χ4v) is 2.33. The molecule has 1 aromatic rings. The van der Waals surface area contributed by atoms with Crippen LogP contribution in [0, 0.1) is 0 Å². The smallest absolute Gasteiger partial charge is 0.0726 e. The first-order valence-electron chi connectivity index (χ1n) is 6.18. The molecule has 2 atom stereocenters. The first-order valence-corrected chi connectivity index (χ1v) is 6.18. The Morgan fingerprint density at radius 3 is 2.19 bits per heavy atom. The van der Waals surface area contributed by atoms with Gasteiger partial charge in [-0.1, -0.05) is 19.1 Å². The third-order valence-electron chi connectivity index (χ3n) is 3.13. The van der Waals surface area contributed by atoms with Crippen LogP contribution in [0.3, 0.4) is 0 Å². The average Bonchev–Trinajstić information content (AvgIpc) is 2.28. The third kappa shape index (κ3) is 2.56. The van der Waals surface area contributed by atoms with E-state index in [1.165, 1.54) is 11.3 Å². The van der Waals surface area contributed by atoms with Gasteiger partial charge in [0.15, 0.2) is 0 Å². The first-order chi connectivity index (χ1) is 7.69. The topological polar surface area (TPSA) is 12.5 Å². The fourth-order valence-electron chi connectivity index (χ4n) is 2.33. The minimum atomic E-state index is 0.328. The number of aryl methyl sites for hydroxylation is 1. The fraction of sp³-hybridized carbons (Fsp3) is 0.571. The molecule has 1 heterocycles. The summed E-state index contributed by atoms with van der Waals surface area (Å²) in [5.41, 5.74) is 2.72. The van der Waals surface area contributed by atoms with E-state index >= 15 is 0 Å². The second-order valence-corrected chi connectivity index (χ2v) is 4.68. The lowest BCUT2D eigenvalue weighted by Gasteiger charge is -2.36. The van der Waals surface area contributed by atoms with Crippen molar-refractivity contribution in [2.45, 2.75) is 39.4 Å². The Kier molecular flexibility index (Phi) is 3.49. The summed E-state index contributed by atoms with van der Waals surface area (Å²) < 4.78 is 5.74. The molecule has 16 heavy (non-hydrogen) atoms. The molecule has 2 rings (SSSR count). The average molecular weight is 219 g/mol. The van der Waals surface area contributed by atoms with Crippen LogP contribution in [-0.4, -0.2) is 25.3 Å². The largest absolute Gasteiger partial charge is 0.372 e. The normalized spacial score (nSPS) is 25.8. The summed E-state index contributed by atoms with van der Waals surface area (Å²) in [5.74, 6) is 0.